The van der Waals surface area contributed by atoms with Crippen molar-refractivity contribution in [1.29, 1.82) is 0 Å². The zero-order chi connectivity index (χ0) is 20.1. The standard InChI is InChI=1S/C19H24FN5O3/c1-3-28-17(26)13-23-9-4-10-24(12-11-23)19(27)18-21-14(2)25(22-18)16-7-5-15(20)6-8-16/h5-8H,3-4,9-13H2,1-2H3. The lowest BCUT2D eigenvalue weighted by Crippen LogP contribution is -2.37. The molecule has 1 fully saturated rings. The van der Waals surface area contributed by atoms with E-state index in [1.807, 2.05) is 4.90 Å². The highest BCUT2D eigenvalue weighted by atomic mass is 19.1. The summed E-state index contributed by atoms with van der Waals surface area (Å²) < 4.78 is 19.6. The van der Waals surface area contributed by atoms with Crippen LogP contribution in [0, 0.1) is 12.7 Å². The van der Waals surface area contributed by atoms with Gasteiger partial charge in [0.05, 0.1) is 18.8 Å². The molecule has 9 heteroatoms. The molecule has 8 nitrogen and oxygen atoms in total. The molecule has 1 aliphatic rings. The molecule has 0 N–H and O–H groups in total. The lowest BCUT2D eigenvalue weighted by molar-refractivity contribution is -0.144. The number of aromatic nitrogens is 3. The van der Waals surface area contributed by atoms with Gasteiger partial charge in [0.25, 0.3) is 5.91 Å². The van der Waals surface area contributed by atoms with E-state index in [4.69, 9.17) is 4.74 Å². The van der Waals surface area contributed by atoms with Crippen LogP contribution in [0.25, 0.3) is 5.69 Å². The van der Waals surface area contributed by atoms with Crippen LogP contribution in [0.2, 0.25) is 0 Å². The monoisotopic (exact) mass is 389 g/mol. The Hall–Kier alpha value is -2.81. The van der Waals surface area contributed by atoms with E-state index in [2.05, 4.69) is 10.1 Å². The van der Waals surface area contributed by atoms with Crippen molar-refractivity contribution in [2.75, 3.05) is 39.3 Å². The molecule has 0 unspecified atom stereocenters. The van der Waals surface area contributed by atoms with Crippen molar-refractivity contribution in [2.45, 2.75) is 20.3 Å². The number of nitrogens with zero attached hydrogens (tertiary/aromatic N) is 5. The Morgan fingerprint density at radius 3 is 2.61 bits per heavy atom. The molecule has 0 spiro atoms. The number of hydrogen-bond donors (Lipinski definition) is 0. The van der Waals surface area contributed by atoms with Crippen molar-refractivity contribution in [3.05, 3.63) is 41.7 Å². The van der Waals surface area contributed by atoms with Crippen LogP contribution in [0.4, 0.5) is 4.39 Å². The lowest BCUT2D eigenvalue weighted by Gasteiger charge is -2.20. The molecular formula is C19H24FN5O3. The van der Waals surface area contributed by atoms with Crippen LogP contribution >= 0.6 is 0 Å². The van der Waals surface area contributed by atoms with Gasteiger partial charge in [0.15, 0.2) is 0 Å². The van der Waals surface area contributed by atoms with Crippen molar-refractivity contribution in [3.63, 3.8) is 0 Å². The zero-order valence-corrected chi connectivity index (χ0v) is 16.1. The first kappa shape index (κ1) is 19.9. The van der Waals surface area contributed by atoms with Gasteiger partial charge in [0.2, 0.25) is 5.82 Å². The van der Waals surface area contributed by atoms with Crippen LogP contribution in [0.5, 0.6) is 0 Å². The summed E-state index contributed by atoms with van der Waals surface area (Å²) in [4.78, 5) is 32.5. The van der Waals surface area contributed by atoms with Gasteiger partial charge in [-0.25, -0.2) is 14.1 Å². The molecule has 3 rings (SSSR count). The average molecular weight is 389 g/mol. The molecule has 0 aliphatic carbocycles. The van der Waals surface area contributed by atoms with E-state index in [9.17, 15) is 14.0 Å². The molecule has 0 atom stereocenters. The third-order valence-electron chi connectivity index (χ3n) is 4.57. The van der Waals surface area contributed by atoms with Gasteiger partial charge in [-0.1, -0.05) is 0 Å². The lowest BCUT2D eigenvalue weighted by atomic mass is 10.3. The fraction of sp³-hybridized carbons (Fsp3) is 0.474. The van der Waals surface area contributed by atoms with Gasteiger partial charge in [-0.15, -0.1) is 5.10 Å². The molecule has 1 aliphatic heterocycles. The van der Waals surface area contributed by atoms with Crippen LogP contribution < -0.4 is 0 Å². The highest BCUT2D eigenvalue weighted by molar-refractivity contribution is 5.90. The summed E-state index contributed by atoms with van der Waals surface area (Å²) in [5.74, 6) is -0.177. The first-order chi connectivity index (χ1) is 13.5. The molecule has 1 amide bonds. The van der Waals surface area contributed by atoms with Crippen molar-refractivity contribution in [2.24, 2.45) is 0 Å². The number of carbonyl (C=O) groups excluding carboxylic acids is 2. The van der Waals surface area contributed by atoms with Crippen molar-refractivity contribution < 1.29 is 18.7 Å². The van der Waals surface area contributed by atoms with Crippen LogP contribution in [0.15, 0.2) is 24.3 Å². The summed E-state index contributed by atoms with van der Waals surface area (Å²) in [6.07, 6.45) is 0.753. The van der Waals surface area contributed by atoms with Crippen molar-refractivity contribution >= 4 is 11.9 Å². The molecule has 1 aromatic carbocycles. The summed E-state index contributed by atoms with van der Waals surface area (Å²) in [6, 6.07) is 5.85. The number of ether oxygens (including phenoxy) is 1. The highest BCUT2D eigenvalue weighted by Gasteiger charge is 2.25. The predicted octanol–water partition coefficient (Wildman–Crippen LogP) is 1.43. The second-order valence-corrected chi connectivity index (χ2v) is 6.60. The van der Waals surface area contributed by atoms with E-state index in [1.54, 1.807) is 30.9 Å². The number of halogens is 1. The van der Waals surface area contributed by atoms with Crippen molar-refractivity contribution in [1.82, 2.24) is 24.6 Å². The molecule has 0 bridgehead atoms. The third-order valence-corrected chi connectivity index (χ3v) is 4.57. The number of aryl methyl sites for hydroxylation is 1. The maximum absolute atomic E-state index is 13.1. The second kappa shape index (κ2) is 8.92. The van der Waals surface area contributed by atoms with Gasteiger partial charge in [-0.2, -0.15) is 0 Å². The zero-order valence-electron chi connectivity index (χ0n) is 16.1. The Bertz CT molecular complexity index is 837. The Kier molecular flexibility index (Phi) is 6.35. The fourth-order valence-corrected chi connectivity index (χ4v) is 3.17. The Labute approximate surface area is 162 Å². The van der Waals surface area contributed by atoms with E-state index >= 15 is 0 Å². The summed E-state index contributed by atoms with van der Waals surface area (Å²) >= 11 is 0. The van der Waals surface area contributed by atoms with E-state index in [-0.39, 0.29) is 30.1 Å². The number of amides is 1. The average Bonchev–Trinajstić information content (AvgIpc) is 2.91. The molecule has 1 aromatic heterocycles. The van der Waals surface area contributed by atoms with Gasteiger partial charge in [-0.3, -0.25) is 14.5 Å². The molecule has 28 heavy (non-hydrogen) atoms. The molecule has 2 heterocycles. The molecule has 1 saturated heterocycles. The van der Waals surface area contributed by atoms with E-state index < -0.39 is 0 Å². The number of esters is 1. The predicted molar refractivity (Wildman–Crippen MR) is 99.6 cm³/mol. The Balaban J connectivity index is 1.66. The summed E-state index contributed by atoms with van der Waals surface area (Å²) in [6.45, 7) is 6.48. The van der Waals surface area contributed by atoms with Gasteiger partial charge in [0.1, 0.15) is 11.6 Å². The fourth-order valence-electron chi connectivity index (χ4n) is 3.17. The number of hydrogen-bond acceptors (Lipinski definition) is 6. The summed E-state index contributed by atoms with van der Waals surface area (Å²) in [7, 11) is 0. The van der Waals surface area contributed by atoms with Gasteiger partial charge in [-0.05, 0) is 44.5 Å². The molecule has 0 saturated carbocycles. The second-order valence-electron chi connectivity index (χ2n) is 6.60. The summed E-state index contributed by atoms with van der Waals surface area (Å²) in [5.41, 5.74) is 0.641. The van der Waals surface area contributed by atoms with Gasteiger partial charge >= 0.3 is 5.97 Å². The minimum atomic E-state index is -0.338. The largest absolute Gasteiger partial charge is 0.465 e. The Morgan fingerprint density at radius 1 is 1.14 bits per heavy atom. The number of rotatable bonds is 5. The van der Waals surface area contributed by atoms with E-state index in [0.29, 0.717) is 37.8 Å². The Morgan fingerprint density at radius 2 is 1.89 bits per heavy atom. The first-order valence-corrected chi connectivity index (χ1v) is 9.34. The normalized spacial score (nSPS) is 15.3. The number of benzene rings is 1. The maximum atomic E-state index is 13.1. The van der Waals surface area contributed by atoms with E-state index in [1.165, 1.54) is 16.8 Å². The smallest absolute Gasteiger partial charge is 0.320 e. The number of carbonyl (C=O) groups is 2. The quantitative estimate of drug-likeness (QED) is 0.720. The maximum Gasteiger partial charge on any atom is 0.320 e. The van der Waals surface area contributed by atoms with Crippen LogP contribution in [-0.2, 0) is 9.53 Å². The molecule has 2 aromatic rings. The van der Waals surface area contributed by atoms with Crippen LogP contribution in [-0.4, -0.2) is 75.8 Å². The molecule has 150 valence electrons. The molecule has 0 radical (unpaired) electrons. The first-order valence-electron chi connectivity index (χ1n) is 9.34. The highest BCUT2D eigenvalue weighted by Crippen LogP contribution is 2.13. The van der Waals surface area contributed by atoms with Crippen molar-refractivity contribution in [3.8, 4) is 5.69 Å². The van der Waals surface area contributed by atoms with E-state index in [0.717, 1.165) is 13.0 Å². The van der Waals surface area contributed by atoms with Gasteiger partial charge < -0.3 is 9.64 Å². The SMILES string of the molecule is CCOC(=O)CN1CCCN(C(=O)c2nc(C)n(-c3ccc(F)cc3)n2)CC1. The topological polar surface area (TPSA) is 80.6 Å². The minimum Gasteiger partial charge on any atom is -0.465 e. The van der Waals surface area contributed by atoms with Crippen LogP contribution in [0.1, 0.15) is 29.8 Å². The third kappa shape index (κ3) is 4.72. The summed E-state index contributed by atoms with van der Waals surface area (Å²) in [5, 5.41) is 4.31. The minimum absolute atomic E-state index is 0.112. The van der Waals surface area contributed by atoms with Gasteiger partial charge in [0, 0.05) is 26.2 Å². The molecular weight excluding hydrogens is 365 g/mol. The van der Waals surface area contributed by atoms with Crippen LogP contribution in [0.3, 0.4) is 0 Å².